The Morgan fingerprint density at radius 3 is 2.52 bits per heavy atom. The fourth-order valence-electron chi connectivity index (χ4n) is 3.65. The van der Waals surface area contributed by atoms with Crippen LogP contribution in [0.25, 0.3) is 16.9 Å². The molecule has 0 unspecified atom stereocenters. The van der Waals surface area contributed by atoms with Crippen molar-refractivity contribution in [3.05, 3.63) is 54.2 Å². The molecule has 0 spiro atoms. The normalized spacial score (nSPS) is 15.9. The predicted molar refractivity (Wildman–Crippen MR) is 95.9 cm³/mol. The van der Waals surface area contributed by atoms with Gasteiger partial charge in [-0.05, 0) is 37.5 Å². The van der Waals surface area contributed by atoms with Crippen LogP contribution in [0.4, 0.5) is 5.82 Å². The van der Waals surface area contributed by atoms with E-state index in [2.05, 4.69) is 65.2 Å². The summed E-state index contributed by atoms with van der Waals surface area (Å²) in [5.41, 5.74) is 4.52. The van der Waals surface area contributed by atoms with Crippen molar-refractivity contribution >= 4 is 11.5 Å². The van der Waals surface area contributed by atoms with Gasteiger partial charge in [-0.2, -0.15) is 0 Å². The van der Waals surface area contributed by atoms with Crippen molar-refractivity contribution in [2.75, 3.05) is 5.32 Å². The van der Waals surface area contributed by atoms with Gasteiger partial charge >= 0.3 is 0 Å². The fraction of sp³-hybridized carbons (Fsp3) is 0.350. The van der Waals surface area contributed by atoms with E-state index in [1.807, 2.05) is 0 Å². The Balaban J connectivity index is 1.82. The summed E-state index contributed by atoms with van der Waals surface area (Å²) in [6.45, 7) is 2.10. The molecular weight excluding hydrogens is 282 g/mol. The lowest BCUT2D eigenvalue weighted by Gasteiger charge is -2.24. The Bertz CT molecular complexity index is 798. The maximum absolute atomic E-state index is 4.77. The summed E-state index contributed by atoms with van der Waals surface area (Å²) >= 11 is 0. The van der Waals surface area contributed by atoms with Crippen molar-refractivity contribution in [2.24, 2.45) is 0 Å². The van der Waals surface area contributed by atoms with Crippen LogP contribution >= 0.6 is 0 Å². The zero-order valence-electron chi connectivity index (χ0n) is 13.6. The van der Waals surface area contributed by atoms with Gasteiger partial charge in [0.2, 0.25) is 0 Å². The predicted octanol–water partition coefficient (Wildman–Crippen LogP) is 5.05. The van der Waals surface area contributed by atoms with Crippen LogP contribution < -0.4 is 5.32 Å². The van der Waals surface area contributed by atoms with Gasteiger partial charge in [0.1, 0.15) is 11.5 Å². The number of nitrogens with zero attached hydrogens (tertiary/aromatic N) is 2. The van der Waals surface area contributed by atoms with E-state index >= 15 is 0 Å². The monoisotopic (exact) mass is 305 g/mol. The summed E-state index contributed by atoms with van der Waals surface area (Å²) in [6.07, 6.45) is 6.57. The van der Waals surface area contributed by atoms with Crippen LogP contribution in [0, 0.1) is 6.92 Å². The lowest BCUT2D eigenvalue weighted by molar-refractivity contribution is 0.461. The number of rotatable bonds is 3. The molecule has 1 aliphatic rings. The zero-order valence-corrected chi connectivity index (χ0v) is 13.6. The first-order valence-electron chi connectivity index (χ1n) is 8.63. The van der Waals surface area contributed by atoms with Crippen LogP contribution in [-0.4, -0.2) is 15.4 Å². The Kier molecular flexibility index (Phi) is 3.78. The van der Waals surface area contributed by atoms with Gasteiger partial charge in [-0.25, -0.2) is 4.98 Å². The van der Waals surface area contributed by atoms with E-state index < -0.39 is 0 Å². The highest BCUT2D eigenvalue weighted by Crippen LogP contribution is 2.29. The van der Waals surface area contributed by atoms with E-state index in [1.165, 1.54) is 43.4 Å². The summed E-state index contributed by atoms with van der Waals surface area (Å²) in [5.74, 6) is 1.16. The smallest absolute Gasteiger partial charge is 0.139 e. The number of benzene rings is 1. The summed E-state index contributed by atoms with van der Waals surface area (Å²) in [7, 11) is 0. The molecule has 0 atom stereocenters. The fourth-order valence-corrected chi connectivity index (χ4v) is 3.65. The number of hydrogen-bond donors (Lipinski definition) is 1. The molecular formula is C20H23N3. The summed E-state index contributed by atoms with van der Waals surface area (Å²) in [6, 6.07) is 17.5. The average Bonchev–Trinajstić information content (AvgIpc) is 2.92. The third kappa shape index (κ3) is 2.72. The molecule has 4 rings (SSSR count). The number of fused-ring (bicyclic) bond motifs is 1. The van der Waals surface area contributed by atoms with Gasteiger partial charge in [-0.1, -0.05) is 55.7 Å². The van der Waals surface area contributed by atoms with E-state index in [9.17, 15) is 0 Å². The molecule has 2 aromatic heterocycles. The molecule has 3 aromatic rings. The lowest BCUT2D eigenvalue weighted by Crippen LogP contribution is -2.23. The van der Waals surface area contributed by atoms with Crippen LogP contribution in [-0.2, 0) is 0 Å². The van der Waals surface area contributed by atoms with E-state index in [0.717, 1.165) is 17.2 Å². The quantitative estimate of drug-likeness (QED) is 0.733. The number of imidazole rings is 1. The number of hydrogen-bond acceptors (Lipinski definition) is 2. The Hall–Kier alpha value is -2.29. The minimum absolute atomic E-state index is 0.575. The number of aryl methyl sites for hydroxylation is 1. The van der Waals surface area contributed by atoms with Crippen molar-refractivity contribution in [2.45, 2.75) is 45.1 Å². The largest absolute Gasteiger partial charge is 0.367 e. The Morgan fingerprint density at radius 1 is 0.957 bits per heavy atom. The molecule has 3 heteroatoms. The van der Waals surface area contributed by atoms with Crippen LogP contribution in [0.5, 0.6) is 0 Å². The standard InChI is InChI=1S/C20H23N3/c1-15-20(22-17-11-6-3-7-12-17)23-18(13-8-14-19(23)21-15)16-9-4-2-5-10-16/h2,4-5,8-10,13-14,17,22H,3,6-7,11-12H2,1H3. The minimum atomic E-state index is 0.575. The maximum atomic E-state index is 4.77. The first kappa shape index (κ1) is 14.3. The third-order valence-corrected chi connectivity index (χ3v) is 4.83. The van der Waals surface area contributed by atoms with Gasteiger partial charge < -0.3 is 5.32 Å². The van der Waals surface area contributed by atoms with Crippen LogP contribution in [0.1, 0.15) is 37.8 Å². The number of anilines is 1. The Morgan fingerprint density at radius 2 is 1.74 bits per heavy atom. The molecule has 3 nitrogen and oxygen atoms in total. The van der Waals surface area contributed by atoms with Gasteiger partial charge in [0.15, 0.2) is 0 Å². The first-order valence-corrected chi connectivity index (χ1v) is 8.63. The van der Waals surface area contributed by atoms with Gasteiger partial charge in [0.25, 0.3) is 0 Å². The van der Waals surface area contributed by atoms with Crippen molar-refractivity contribution in [3.63, 3.8) is 0 Å². The summed E-state index contributed by atoms with van der Waals surface area (Å²) in [5, 5.41) is 3.78. The zero-order chi connectivity index (χ0) is 15.6. The van der Waals surface area contributed by atoms with Crippen molar-refractivity contribution in [1.29, 1.82) is 0 Å². The molecule has 0 bridgehead atoms. The van der Waals surface area contributed by atoms with Gasteiger partial charge in [0, 0.05) is 6.04 Å². The van der Waals surface area contributed by atoms with Crippen molar-refractivity contribution in [1.82, 2.24) is 9.38 Å². The molecule has 0 radical (unpaired) electrons. The number of nitrogens with one attached hydrogen (secondary N) is 1. The second-order valence-corrected chi connectivity index (χ2v) is 6.50. The number of pyridine rings is 1. The Labute approximate surface area is 137 Å². The maximum Gasteiger partial charge on any atom is 0.139 e. The highest BCUT2D eigenvalue weighted by molar-refractivity contribution is 5.68. The van der Waals surface area contributed by atoms with Crippen molar-refractivity contribution in [3.8, 4) is 11.3 Å². The second kappa shape index (κ2) is 6.07. The molecule has 118 valence electrons. The third-order valence-electron chi connectivity index (χ3n) is 4.83. The molecule has 0 saturated heterocycles. The first-order chi connectivity index (χ1) is 11.3. The summed E-state index contributed by atoms with van der Waals surface area (Å²) < 4.78 is 2.28. The minimum Gasteiger partial charge on any atom is -0.367 e. The SMILES string of the molecule is Cc1nc2cccc(-c3ccccc3)n2c1NC1CCCCC1. The van der Waals surface area contributed by atoms with E-state index in [4.69, 9.17) is 4.98 Å². The molecule has 1 N–H and O–H groups in total. The van der Waals surface area contributed by atoms with Crippen LogP contribution in [0.2, 0.25) is 0 Å². The molecule has 2 heterocycles. The summed E-state index contributed by atoms with van der Waals surface area (Å²) in [4.78, 5) is 4.77. The topological polar surface area (TPSA) is 29.3 Å². The second-order valence-electron chi connectivity index (χ2n) is 6.50. The van der Waals surface area contributed by atoms with Gasteiger partial charge in [-0.3, -0.25) is 4.40 Å². The molecule has 1 aromatic carbocycles. The van der Waals surface area contributed by atoms with E-state index in [1.54, 1.807) is 0 Å². The number of aromatic nitrogens is 2. The molecule has 0 aliphatic heterocycles. The highest BCUT2D eigenvalue weighted by Gasteiger charge is 2.18. The molecule has 1 saturated carbocycles. The lowest BCUT2D eigenvalue weighted by atomic mass is 9.95. The highest BCUT2D eigenvalue weighted by atomic mass is 15.2. The van der Waals surface area contributed by atoms with E-state index in [-0.39, 0.29) is 0 Å². The molecule has 0 amide bonds. The van der Waals surface area contributed by atoms with E-state index in [0.29, 0.717) is 6.04 Å². The van der Waals surface area contributed by atoms with Gasteiger partial charge in [-0.15, -0.1) is 0 Å². The van der Waals surface area contributed by atoms with Crippen LogP contribution in [0.3, 0.4) is 0 Å². The van der Waals surface area contributed by atoms with Crippen LogP contribution in [0.15, 0.2) is 48.5 Å². The molecule has 1 fully saturated rings. The van der Waals surface area contributed by atoms with Crippen molar-refractivity contribution < 1.29 is 0 Å². The average molecular weight is 305 g/mol. The van der Waals surface area contributed by atoms with Gasteiger partial charge in [0.05, 0.1) is 11.4 Å². The molecule has 1 aliphatic carbocycles. The molecule has 23 heavy (non-hydrogen) atoms.